The number of amides is 1. The minimum absolute atomic E-state index is 0.0148. The van der Waals surface area contributed by atoms with Crippen LogP contribution < -0.4 is 9.64 Å². The van der Waals surface area contributed by atoms with E-state index >= 15 is 0 Å². The zero-order valence-corrected chi connectivity index (χ0v) is 13.7. The number of hydrogen-bond acceptors (Lipinski definition) is 2. The number of hydrogen-bond donors (Lipinski definition) is 0. The molecule has 3 nitrogen and oxygen atoms in total. The zero-order chi connectivity index (χ0) is 14.7. The van der Waals surface area contributed by atoms with Gasteiger partial charge in [-0.05, 0) is 65.3 Å². The van der Waals surface area contributed by atoms with Crippen LogP contribution in [0.4, 0.5) is 5.69 Å². The summed E-state index contributed by atoms with van der Waals surface area (Å²) in [4.78, 5) is 14.3. The molecule has 108 valence electrons. The number of halogens is 1. The molecule has 4 heteroatoms. The Kier molecular flexibility index (Phi) is 4.43. The first-order valence-electron chi connectivity index (χ1n) is 7.01. The summed E-state index contributed by atoms with van der Waals surface area (Å²) in [6.07, 6.45) is 2.05. The quantitative estimate of drug-likeness (QED) is 0.746. The molecule has 0 unspecified atom stereocenters. The number of nitrogens with zero attached hydrogens (tertiary/aromatic N) is 1. The van der Waals surface area contributed by atoms with E-state index in [4.69, 9.17) is 4.74 Å². The molecule has 1 heterocycles. The van der Waals surface area contributed by atoms with Crippen LogP contribution in [0.3, 0.4) is 0 Å². The number of rotatable bonds is 3. The Balaban J connectivity index is 1.69. The first-order valence-corrected chi connectivity index (χ1v) is 8.08. The average molecular weight is 393 g/mol. The van der Waals surface area contributed by atoms with Gasteiger partial charge in [0, 0.05) is 15.8 Å². The maximum absolute atomic E-state index is 12.4. The fraction of sp³-hybridized carbons (Fsp3) is 0.235. The third kappa shape index (κ3) is 3.37. The monoisotopic (exact) mass is 393 g/mol. The molecule has 1 aliphatic rings. The van der Waals surface area contributed by atoms with E-state index in [9.17, 15) is 4.79 Å². The molecule has 0 radical (unpaired) electrons. The van der Waals surface area contributed by atoms with Crippen LogP contribution in [0.5, 0.6) is 5.75 Å². The molecular formula is C17H16INO2. The maximum Gasteiger partial charge on any atom is 0.264 e. The summed E-state index contributed by atoms with van der Waals surface area (Å²) in [5.41, 5.74) is 2.27. The zero-order valence-electron chi connectivity index (χ0n) is 11.6. The van der Waals surface area contributed by atoms with Crippen molar-refractivity contribution in [3.63, 3.8) is 0 Å². The van der Waals surface area contributed by atoms with Gasteiger partial charge >= 0.3 is 0 Å². The van der Waals surface area contributed by atoms with Crippen molar-refractivity contribution in [2.45, 2.75) is 12.8 Å². The SMILES string of the molecule is O=C(COc1cccc(I)c1)N1CCCc2ccccc21. The summed E-state index contributed by atoms with van der Waals surface area (Å²) in [5.74, 6) is 0.751. The van der Waals surface area contributed by atoms with Crippen molar-refractivity contribution < 1.29 is 9.53 Å². The molecule has 0 bridgehead atoms. The van der Waals surface area contributed by atoms with Crippen molar-refractivity contribution in [1.82, 2.24) is 0 Å². The van der Waals surface area contributed by atoms with Crippen LogP contribution in [0.25, 0.3) is 0 Å². The number of carbonyl (C=O) groups excluding carboxylic acids is 1. The van der Waals surface area contributed by atoms with E-state index in [-0.39, 0.29) is 12.5 Å². The average Bonchev–Trinajstić information content (AvgIpc) is 2.52. The second-order valence-electron chi connectivity index (χ2n) is 5.02. The van der Waals surface area contributed by atoms with E-state index in [1.54, 1.807) is 0 Å². The Morgan fingerprint density at radius 3 is 2.90 bits per heavy atom. The van der Waals surface area contributed by atoms with Crippen molar-refractivity contribution in [1.29, 1.82) is 0 Å². The van der Waals surface area contributed by atoms with Crippen LogP contribution in [0, 0.1) is 3.57 Å². The van der Waals surface area contributed by atoms with Gasteiger partial charge in [0.1, 0.15) is 5.75 Å². The van der Waals surface area contributed by atoms with Crippen molar-refractivity contribution in [2.24, 2.45) is 0 Å². The number of carbonyl (C=O) groups is 1. The Morgan fingerprint density at radius 2 is 2.05 bits per heavy atom. The molecule has 2 aromatic carbocycles. The molecule has 0 aromatic heterocycles. The molecule has 0 atom stereocenters. The van der Waals surface area contributed by atoms with Gasteiger partial charge in [0.05, 0.1) is 0 Å². The first kappa shape index (κ1) is 14.4. The summed E-state index contributed by atoms with van der Waals surface area (Å²) in [6.45, 7) is 0.847. The summed E-state index contributed by atoms with van der Waals surface area (Å²) in [7, 11) is 0. The molecule has 2 aromatic rings. The van der Waals surface area contributed by atoms with E-state index in [2.05, 4.69) is 28.7 Å². The predicted molar refractivity (Wildman–Crippen MR) is 91.8 cm³/mol. The predicted octanol–water partition coefficient (Wildman–Crippen LogP) is 3.65. The van der Waals surface area contributed by atoms with Gasteiger partial charge < -0.3 is 9.64 Å². The molecule has 1 amide bonds. The third-order valence-electron chi connectivity index (χ3n) is 3.57. The lowest BCUT2D eigenvalue weighted by Crippen LogP contribution is -2.38. The molecule has 21 heavy (non-hydrogen) atoms. The Labute approximate surface area is 138 Å². The summed E-state index contributed by atoms with van der Waals surface area (Å²) < 4.78 is 6.72. The van der Waals surface area contributed by atoms with Gasteiger partial charge in [-0.15, -0.1) is 0 Å². The van der Waals surface area contributed by atoms with Gasteiger partial charge in [0.2, 0.25) is 0 Å². The second kappa shape index (κ2) is 6.47. The lowest BCUT2D eigenvalue weighted by atomic mass is 10.0. The number of anilines is 1. The van der Waals surface area contributed by atoms with Crippen LogP contribution in [0.1, 0.15) is 12.0 Å². The highest BCUT2D eigenvalue weighted by Crippen LogP contribution is 2.26. The Morgan fingerprint density at radius 1 is 1.19 bits per heavy atom. The number of benzene rings is 2. The van der Waals surface area contributed by atoms with Crippen molar-refractivity contribution in [3.05, 3.63) is 57.7 Å². The van der Waals surface area contributed by atoms with E-state index < -0.39 is 0 Å². The highest BCUT2D eigenvalue weighted by atomic mass is 127. The van der Waals surface area contributed by atoms with Crippen LogP contribution in [0.2, 0.25) is 0 Å². The lowest BCUT2D eigenvalue weighted by Gasteiger charge is -2.29. The Bertz CT molecular complexity index is 657. The van der Waals surface area contributed by atoms with Crippen molar-refractivity contribution >= 4 is 34.2 Å². The van der Waals surface area contributed by atoms with Crippen molar-refractivity contribution in [2.75, 3.05) is 18.1 Å². The fourth-order valence-electron chi connectivity index (χ4n) is 2.57. The smallest absolute Gasteiger partial charge is 0.264 e. The largest absolute Gasteiger partial charge is 0.484 e. The van der Waals surface area contributed by atoms with Crippen molar-refractivity contribution in [3.8, 4) is 5.75 Å². The van der Waals surface area contributed by atoms with E-state index in [0.717, 1.165) is 34.4 Å². The van der Waals surface area contributed by atoms with Gasteiger partial charge in [-0.2, -0.15) is 0 Å². The first-order chi connectivity index (χ1) is 10.2. The second-order valence-corrected chi connectivity index (χ2v) is 6.27. The van der Waals surface area contributed by atoms with Crippen LogP contribution >= 0.6 is 22.6 Å². The summed E-state index contributed by atoms with van der Waals surface area (Å²) in [5, 5.41) is 0. The normalized spacial score (nSPS) is 13.7. The molecule has 3 rings (SSSR count). The minimum atomic E-state index is 0.0148. The van der Waals surface area contributed by atoms with Crippen LogP contribution in [-0.4, -0.2) is 19.1 Å². The van der Waals surface area contributed by atoms with Gasteiger partial charge in [-0.25, -0.2) is 0 Å². The molecule has 0 aliphatic carbocycles. The fourth-order valence-corrected chi connectivity index (χ4v) is 3.09. The Hall–Kier alpha value is -1.56. The van der Waals surface area contributed by atoms with Gasteiger partial charge in [-0.1, -0.05) is 24.3 Å². The molecule has 0 saturated carbocycles. The van der Waals surface area contributed by atoms with E-state index in [0.29, 0.717) is 0 Å². The molecule has 1 aliphatic heterocycles. The van der Waals surface area contributed by atoms with E-state index in [1.165, 1.54) is 5.56 Å². The van der Waals surface area contributed by atoms with Gasteiger partial charge in [-0.3, -0.25) is 4.79 Å². The van der Waals surface area contributed by atoms with Gasteiger partial charge in [0.25, 0.3) is 5.91 Å². The number of aryl methyl sites for hydroxylation is 1. The van der Waals surface area contributed by atoms with Crippen LogP contribution in [-0.2, 0) is 11.2 Å². The van der Waals surface area contributed by atoms with E-state index in [1.807, 2.05) is 47.4 Å². The minimum Gasteiger partial charge on any atom is -0.484 e. The summed E-state index contributed by atoms with van der Waals surface area (Å²) in [6, 6.07) is 15.8. The number of para-hydroxylation sites is 1. The highest BCUT2D eigenvalue weighted by molar-refractivity contribution is 14.1. The molecule has 0 saturated heterocycles. The molecular weight excluding hydrogens is 377 g/mol. The van der Waals surface area contributed by atoms with Crippen LogP contribution in [0.15, 0.2) is 48.5 Å². The number of fused-ring (bicyclic) bond motifs is 1. The standard InChI is InChI=1S/C17H16INO2/c18-14-7-3-8-15(11-14)21-12-17(20)19-10-4-6-13-5-1-2-9-16(13)19/h1-3,5,7-9,11H,4,6,10,12H2. The molecule has 0 spiro atoms. The van der Waals surface area contributed by atoms with Gasteiger partial charge in [0.15, 0.2) is 6.61 Å². The third-order valence-corrected chi connectivity index (χ3v) is 4.24. The lowest BCUT2D eigenvalue weighted by molar-refractivity contribution is -0.120. The topological polar surface area (TPSA) is 29.5 Å². The molecule has 0 N–H and O–H groups in total. The maximum atomic E-state index is 12.4. The molecule has 0 fully saturated rings. The highest BCUT2D eigenvalue weighted by Gasteiger charge is 2.22. The summed E-state index contributed by atoms with van der Waals surface area (Å²) >= 11 is 2.23. The number of ether oxygens (including phenoxy) is 1.